The van der Waals surface area contributed by atoms with Gasteiger partial charge < -0.3 is 13.5 Å². The van der Waals surface area contributed by atoms with Gasteiger partial charge in [-0.15, -0.1) is 10.2 Å². The Morgan fingerprint density at radius 1 is 0.741 bits per heavy atom. The Morgan fingerprint density at radius 3 is 1.67 bits per heavy atom. The van der Waals surface area contributed by atoms with Crippen molar-refractivity contribution < 1.29 is 18.0 Å². The van der Waals surface area contributed by atoms with E-state index in [1.807, 2.05) is 0 Å². The number of rotatable bonds is 18. The van der Waals surface area contributed by atoms with Crippen molar-refractivity contribution >= 4 is 7.60 Å². The third-order valence-corrected chi connectivity index (χ3v) is 6.66. The molecular formula is C20H39N2O4P. The van der Waals surface area contributed by atoms with Gasteiger partial charge in [0.1, 0.15) is 6.16 Å². The Hall–Kier alpha value is -0.710. The van der Waals surface area contributed by atoms with Gasteiger partial charge in [0.15, 0.2) is 0 Å². The van der Waals surface area contributed by atoms with E-state index >= 15 is 0 Å². The first-order valence-corrected chi connectivity index (χ1v) is 12.4. The van der Waals surface area contributed by atoms with Gasteiger partial charge in [-0.2, -0.15) is 0 Å². The first kappa shape index (κ1) is 24.3. The zero-order valence-corrected chi connectivity index (χ0v) is 18.5. The SMILES string of the molecule is CCCCCCCCCCCCCCCc1nnc(CP(=O)(OC)OC)o1. The van der Waals surface area contributed by atoms with Crippen LogP contribution >= 0.6 is 7.60 Å². The highest BCUT2D eigenvalue weighted by molar-refractivity contribution is 7.52. The van der Waals surface area contributed by atoms with Crippen molar-refractivity contribution in [3.05, 3.63) is 11.8 Å². The molecule has 0 aromatic carbocycles. The van der Waals surface area contributed by atoms with E-state index in [9.17, 15) is 4.57 Å². The minimum atomic E-state index is -3.15. The Morgan fingerprint density at radius 2 is 1.19 bits per heavy atom. The highest BCUT2D eigenvalue weighted by Crippen LogP contribution is 2.49. The highest BCUT2D eigenvalue weighted by atomic mass is 31.2. The predicted molar refractivity (Wildman–Crippen MR) is 109 cm³/mol. The van der Waals surface area contributed by atoms with Gasteiger partial charge in [-0.25, -0.2) is 0 Å². The number of unbranched alkanes of at least 4 members (excludes halogenated alkanes) is 12. The topological polar surface area (TPSA) is 74.5 Å². The summed E-state index contributed by atoms with van der Waals surface area (Å²) in [5.41, 5.74) is 0. The van der Waals surface area contributed by atoms with Crippen molar-refractivity contribution in [2.24, 2.45) is 0 Å². The number of aryl methyl sites for hydroxylation is 1. The summed E-state index contributed by atoms with van der Waals surface area (Å²) in [4.78, 5) is 0. The Labute approximate surface area is 165 Å². The minimum absolute atomic E-state index is 0.0194. The molecule has 0 aliphatic rings. The van der Waals surface area contributed by atoms with E-state index in [1.165, 1.54) is 91.3 Å². The maximum Gasteiger partial charge on any atom is 0.339 e. The number of hydrogen-bond acceptors (Lipinski definition) is 6. The molecule has 0 amide bonds. The molecule has 0 N–H and O–H groups in total. The molecule has 1 heterocycles. The molecule has 1 aromatic heterocycles. The maximum atomic E-state index is 12.0. The molecule has 0 aliphatic carbocycles. The molecule has 0 radical (unpaired) electrons. The molecule has 0 unspecified atom stereocenters. The summed E-state index contributed by atoms with van der Waals surface area (Å²) in [7, 11) is -0.433. The minimum Gasteiger partial charge on any atom is -0.425 e. The zero-order chi connectivity index (χ0) is 19.8. The molecule has 0 saturated heterocycles. The van der Waals surface area contributed by atoms with Gasteiger partial charge in [-0.3, -0.25) is 4.57 Å². The summed E-state index contributed by atoms with van der Waals surface area (Å²) in [5.74, 6) is 0.915. The maximum absolute atomic E-state index is 12.0. The van der Waals surface area contributed by atoms with Crippen LogP contribution < -0.4 is 0 Å². The molecule has 0 atom stereocenters. The fourth-order valence-electron chi connectivity index (χ4n) is 3.12. The van der Waals surface area contributed by atoms with E-state index in [0.717, 1.165) is 12.8 Å². The van der Waals surface area contributed by atoms with Gasteiger partial charge >= 0.3 is 7.60 Å². The molecule has 1 rings (SSSR count). The van der Waals surface area contributed by atoms with E-state index in [2.05, 4.69) is 17.1 Å². The largest absolute Gasteiger partial charge is 0.425 e. The summed E-state index contributed by atoms with van der Waals surface area (Å²) >= 11 is 0. The van der Waals surface area contributed by atoms with Crippen LogP contribution in [-0.2, 0) is 26.2 Å². The molecule has 27 heavy (non-hydrogen) atoms. The van der Waals surface area contributed by atoms with Crippen LogP contribution in [0.2, 0.25) is 0 Å². The Bertz CT molecular complexity index is 514. The van der Waals surface area contributed by atoms with Gasteiger partial charge in [-0.05, 0) is 6.42 Å². The van der Waals surface area contributed by atoms with E-state index in [-0.39, 0.29) is 6.16 Å². The zero-order valence-electron chi connectivity index (χ0n) is 17.6. The second-order valence-electron chi connectivity index (χ2n) is 7.22. The molecule has 0 spiro atoms. The lowest BCUT2D eigenvalue weighted by molar-refractivity contribution is 0.271. The normalized spacial score (nSPS) is 12.0. The van der Waals surface area contributed by atoms with Gasteiger partial charge in [-0.1, -0.05) is 84.0 Å². The summed E-state index contributed by atoms with van der Waals surface area (Å²) in [6, 6.07) is 0. The Kier molecular flexibility index (Phi) is 13.7. The van der Waals surface area contributed by atoms with E-state index in [1.54, 1.807) is 0 Å². The third kappa shape index (κ3) is 11.7. The molecule has 7 heteroatoms. The molecule has 0 aliphatic heterocycles. The summed E-state index contributed by atoms with van der Waals surface area (Å²) in [6.45, 7) is 2.27. The second-order valence-corrected chi connectivity index (χ2v) is 9.48. The van der Waals surface area contributed by atoms with Crippen LogP contribution in [0.3, 0.4) is 0 Å². The lowest BCUT2D eigenvalue weighted by Crippen LogP contribution is -1.93. The molecule has 0 bridgehead atoms. The van der Waals surface area contributed by atoms with Crippen molar-refractivity contribution in [3.63, 3.8) is 0 Å². The average molecular weight is 403 g/mol. The number of hydrogen-bond donors (Lipinski definition) is 0. The van der Waals surface area contributed by atoms with Crippen molar-refractivity contribution in [2.45, 2.75) is 103 Å². The van der Waals surface area contributed by atoms with E-state index < -0.39 is 7.60 Å². The molecule has 158 valence electrons. The van der Waals surface area contributed by atoms with Crippen molar-refractivity contribution in [3.8, 4) is 0 Å². The van der Waals surface area contributed by atoms with Crippen LogP contribution in [0.25, 0.3) is 0 Å². The van der Waals surface area contributed by atoms with Gasteiger partial charge in [0.2, 0.25) is 11.8 Å². The van der Waals surface area contributed by atoms with Crippen LogP contribution in [0.5, 0.6) is 0 Å². The lowest BCUT2D eigenvalue weighted by Gasteiger charge is -2.10. The van der Waals surface area contributed by atoms with E-state index in [4.69, 9.17) is 13.5 Å². The summed E-state index contributed by atoms with van der Waals surface area (Å²) in [5, 5.41) is 7.94. The van der Waals surface area contributed by atoms with Gasteiger partial charge in [0, 0.05) is 20.6 Å². The van der Waals surface area contributed by atoms with Crippen LogP contribution in [0.4, 0.5) is 0 Å². The van der Waals surface area contributed by atoms with Crippen LogP contribution in [0, 0.1) is 0 Å². The molecular weight excluding hydrogens is 363 g/mol. The lowest BCUT2D eigenvalue weighted by atomic mass is 10.0. The van der Waals surface area contributed by atoms with E-state index in [0.29, 0.717) is 11.8 Å². The predicted octanol–water partition coefficient (Wildman–Crippen LogP) is 6.69. The quantitative estimate of drug-likeness (QED) is 0.201. The fraction of sp³-hybridized carbons (Fsp3) is 0.900. The van der Waals surface area contributed by atoms with Crippen LogP contribution in [0.15, 0.2) is 4.42 Å². The first-order valence-electron chi connectivity index (χ1n) is 10.7. The van der Waals surface area contributed by atoms with Crippen molar-refractivity contribution in [2.75, 3.05) is 14.2 Å². The average Bonchev–Trinajstić information content (AvgIpc) is 3.12. The highest BCUT2D eigenvalue weighted by Gasteiger charge is 2.25. The van der Waals surface area contributed by atoms with Crippen molar-refractivity contribution in [1.29, 1.82) is 0 Å². The fourth-order valence-corrected chi connectivity index (χ4v) is 3.98. The van der Waals surface area contributed by atoms with Gasteiger partial charge in [0.05, 0.1) is 0 Å². The number of nitrogens with zero attached hydrogens (tertiary/aromatic N) is 2. The van der Waals surface area contributed by atoms with Gasteiger partial charge in [0.25, 0.3) is 0 Å². The molecule has 1 aromatic rings. The summed E-state index contributed by atoms with van der Waals surface area (Å²) < 4.78 is 27.4. The smallest absolute Gasteiger partial charge is 0.339 e. The molecule has 6 nitrogen and oxygen atoms in total. The van der Waals surface area contributed by atoms with Crippen LogP contribution in [-0.4, -0.2) is 24.4 Å². The standard InChI is InChI=1S/C20H39N2O4P/c1-4-5-6-7-8-9-10-11-12-13-14-15-16-17-19-21-22-20(26-19)18-27(23,24-2)25-3/h4-18H2,1-3H3. The third-order valence-electron chi connectivity index (χ3n) is 4.89. The monoisotopic (exact) mass is 402 g/mol. The Balaban J connectivity index is 1.98. The van der Waals surface area contributed by atoms with Crippen molar-refractivity contribution in [1.82, 2.24) is 10.2 Å². The molecule has 0 fully saturated rings. The summed E-state index contributed by atoms with van der Waals surface area (Å²) in [6.07, 6.45) is 18.1. The number of aromatic nitrogens is 2. The molecule has 0 saturated carbocycles. The van der Waals surface area contributed by atoms with Crippen LogP contribution in [0.1, 0.15) is 102 Å². The first-order chi connectivity index (χ1) is 13.1. The second kappa shape index (κ2) is 15.2.